The van der Waals surface area contributed by atoms with Crippen molar-refractivity contribution >= 4 is 17.8 Å². The van der Waals surface area contributed by atoms with Crippen molar-refractivity contribution in [1.29, 1.82) is 0 Å². The third-order valence-corrected chi connectivity index (χ3v) is 4.21. The van der Waals surface area contributed by atoms with Gasteiger partial charge in [0.05, 0.1) is 6.04 Å². The summed E-state index contributed by atoms with van der Waals surface area (Å²) in [7, 11) is 0. The van der Waals surface area contributed by atoms with E-state index in [1.54, 1.807) is 0 Å². The van der Waals surface area contributed by atoms with Crippen molar-refractivity contribution in [1.82, 2.24) is 10.2 Å². The van der Waals surface area contributed by atoms with E-state index in [1.165, 1.54) is 19.3 Å². The summed E-state index contributed by atoms with van der Waals surface area (Å²) in [6.45, 7) is 1.83. The monoisotopic (exact) mass is 256 g/mol. The maximum absolute atomic E-state index is 5.68. The molecule has 3 N–H and O–H groups in total. The van der Waals surface area contributed by atoms with E-state index in [1.807, 2.05) is 18.7 Å². The number of hydrogen-bond acceptors (Lipinski definition) is 6. The molecule has 0 saturated heterocycles. The molecule has 1 saturated carbocycles. The van der Waals surface area contributed by atoms with Crippen molar-refractivity contribution in [3.63, 3.8) is 0 Å². The Kier molecular flexibility index (Phi) is 4.28. The van der Waals surface area contributed by atoms with Crippen molar-refractivity contribution < 1.29 is 4.42 Å². The lowest BCUT2D eigenvalue weighted by molar-refractivity contribution is 0.439. The van der Waals surface area contributed by atoms with Gasteiger partial charge in [-0.05, 0) is 32.4 Å². The van der Waals surface area contributed by atoms with Crippen LogP contribution in [0.3, 0.4) is 0 Å². The summed E-state index contributed by atoms with van der Waals surface area (Å²) in [5.74, 6) is 0.490. The van der Waals surface area contributed by atoms with Crippen LogP contribution in [0.5, 0.6) is 0 Å². The lowest BCUT2D eigenvalue weighted by atomic mass is 9.95. The second kappa shape index (κ2) is 5.73. The number of nitrogens with zero attached hydrogens (tertiary/aromatic N) is 2. The van der Waals surface area contributed by atoms with E-state index >= 15 is 0 Å². The Labute approximate surface area is 106 Å². The van der Waals surface area contributed by atoms with Crippen LogP contribution in [0.25, 0.3) is 0 Å². The third kappa shape index (κ3) is 3.35. The molecule has 1 aliphatic rings. The molecule has 0 bridgehead atoms. The number of anilines is 1. The molecule has 1 aromatic heterocycles. The SMILES string of the molecule is CSC1CCCC(Nc2nnc(C(C)N)o2)C1. The fourth-order valence-electron chi connectivity index (χ4n) is 2.14. The van der Waals surface area contributed by atoms with Crippen molar-refractivity contribution in [3.8, 4) is 0 Å². The lowest BCUT2D eigenvalue weighted by Gasteiger charge is -2.27. The fourth-order valence-corrected chi connectivity index (χ4v) is 2.97. The smallest absolute Gasteiger partial charge is 0.315 e. The van der Waals surface area contributed by atoms with Gasteiger partial charge in [0.2, 0.25) is 5.89 Å². The zero-order valence-corrected chi connectivity index (χ0v) is 11.2. The van der Waals surface area contributed by atoms with Gasteiger partial charge in [0.25, 0.3) is 0 Å². The molecule has 0 amide bonds. The van der Waals surface area contributed by atoms with E-state index in [-0.39, 0.29) is 6.04 Å². The van der Waals surface area contributed by atoms with Gasteiger partial charge in [0, 0.05) is 11.3 Å². The van der Waals surface area contributed by atoms with Gasteiger partial charge in [-0.1, -0.05) is 11.5 Å². The Bertz CT molecular complexity index is 355. The molecule has 0 aliphatic heterocycles. The van der Waals surface area contributed by atoms with Crippen molar-refractivity contribution in [3.05, 3.63) is 5.89 Å². The number of rotatable bonds is 4. The van der Waals surface area contributed by atoms with E-state index in [0.29, 0.717) is 17.9 Å². The summed E-state index contributed by atoms with van der Waals surface area (Å²) in [5, 5.41) is 11.9. The van der Waals surface area contributed by atoms with Crippen LogP contribution >= 0.6 is 11.8 Å². The van der Waals surface area contributed by atoms with Gasteiger partial charge in [-0.25, -0.2) is 0 Å². The highest BCUT2D eigenvalue weighted by Crippen LogP contribution is 2.28. The molecular formula is C11H20N4OS. The van der Waals surface area contributed by atoms with Gasteiger partial charge >= 0.3 is 6.01 Å². The topological polar surface area (TPSA) is 77.0 Å². The predicted octanol–water partition coefficient (Wildman–Crippen LogP) is 2.18. The van der Waals surface area contributed by atoms with Crippen LogP contribution < -0.4 is 11.1 Å². The van der Waals surface area contributed by atoms with Gasteiger partial charge in [0.1, 0.15) is 0 Å². The van der Waals surface area contributed by atoms with Crippen LogP contribution in [-0.4, -0.2) is 27.7 Å². The van der Waals surface area contributed by atoms with Crippen molar-refractivity contribution in [2.75, 3.05) is 11.6 Å². The molecule has 2 rings (SSSR count). The first-order valence-electron chi connectivity index (χ1n) is 6.07. The molecular weight excluding hydrogens is 236 g/mol. The Balaban J connectivity index is 1.91. The molecule has 6 heteroatoms. The van der Waals surface area contributed by atoms with Crippen LogP contribution in [-0.2, 0) is 0 Å². The zero-order chi connectivity index (χ0) is 12.3. The summed E-state index contributed by atoms with van der Waals surface area (Å²) in [6.07, 6.45) is 7.09. The summed E-state index contributed by atoms with van der Waals surface area (Å²) in [6, 6.07) is 0.745. The minimum atomic E-state index is -0.205. The van der Waals surface area contributed by atoms with Crippen LogP contribution in [0.4, 0.5) is 6.01 Å². The first kappa shape index (κ1) is 12.7. The van der Waals surface area contributed by atoms with Gasteiger partial charge in [0.15, 0.2) is 0 Å². The van der Waals surface area contributed by atoms with Crippen LogP contribution in [0, 0.1) is 0 Å². The Morgan fingerprint density at radius 3 is 2.94 bits per heavy atom. The van der Waals surface area contributed by atoms with Crippen LogP contribution in [0.15, 0.2) is 4.42 Å². The maximum atomic E-state index is 5.68. The highest BCUT2D eigenvalue weighted by molar-refractivity contribution is 7.99. The first-order chi connectivity index (χ1) is 8.19. The maximum Gasteiger partial charge on any atom is 0.315 e. The number of hydrogen-bond donors (Lipinski definition) is 2. The Morgan fingerprint density at radius 1 is 1.47 bits per heavy atom. The molecule has 1 fully saturated rings. The number of nitrogens with two attached hydrogens (primary N) is 1. The minimum Gasteiger partial charge on any atom is -0.406 e. The Hall–Kier alpha value is -0.750. The molecule has 0 radical (unpaired) electrons. The molecule has 5 nitrogen and oxygen atoms in total. The third-order valence-electron chi connectivity index (χ3n) is 3.12. The molecule has 96 valence electrons. The quantitative estimate of drug-likeness (QED) is 0.859. The summed E-state index contributed by atoms with van der Waals surface area (Å²) >= 11 is 1.94. The highest BCUT2D eigenvalue weighted by atomic mass is 32.2. The molecule has 3 unspecified atom stereocenters. The molecule has 1 aromatic rings. The largest absolute Gasteiger partial charge is 0.406 e. The van der Waals surface area contributed by atoms with E-state index in [9.17, 15) is 0 Å². The summed E-state index contributed by atoms with van der Waals surface area (Å²) in [5.41, 5.74) is 5.68. The lowest BCUT2D eigenvalue weighted by Crippen LogP contribution is -2.28. The Morgan fingerprint density at radius 2 is 2.29 bits per heavy atom. The minimum absolute atomic E-state index is 0.205. The standard InChI is InChI=1S/C11H20N4OS/c1-7(12)10-14-15-11(16-10)13-8-4-3-5-9(6-8)17-2/h7-9H,3-6,12H2,1-2H3,(H,13,15). The molecule has 0 spiro atoms. The molecule has 3 atom stereocenters. The first-order valence-corrected chi connectivity index (χ1v) is 7.36. The molecule has 17 heavy (non-hydrogen) atoms. The number of thioether (sulfide) groups is 1. The van der Waals surface area contributed by atoms with Crippen LogP contribution in [0.1, 0.15) is 44.5 Å². The van der Waals surface area contributed by atoms with Gasteiger partial charge in [-0.2, -0.15) is 11.8 Å². The van der Waals surface area contributed by atoms with E-state index in [0.717, 1.165) is 11.7 Å². The van der Waals surface area contributed by atoms with Gasteiger partial charge in [-0.3, -0.25) is 0 Å². The molecule has 0 aromatic carbocycles. The number of nitrogens with one attached hydrogen (secondary N) is 1. The summed E-state index contributed by atoms with van der Waals surface area (Å²) < 4.78 is 5.45. The van der Waals surface area contributed by atoms with Crippen molar-refractivity contribution in [2.45, 2.75) is 49.9 Å². The average Bonchev–Trinajstić information content (AvgIpc) is 2.78. The second-order valence-corrected chi connectivity index (χ2v) is 5.74. The fraction of sp³-hybridized carbons (Fsp3) is 0.818. The molecule has 1 heterocycles. The van der Waals surface area contributed by atoms with E-state index < -0.39 is 0 Å². The van der Waals surface area contributed by atoms with Gasteiger partial charge in [-0.15, -0.1) is 5.10 Å². The predicted molar refractivity (Wildman–Crippen MR) is 70.1 cm³/mol. The summed E-state index contributed by atoms with van der Waals surface area (Å²) in [4.78, 5) is 0. The van der Waals surface area contributed by atoms with Crippen LogP contribution in [0.2, 0.25) is 0 Å². The van der Waals surface area contributed by atoms with E-state index in [4.69, 9.17) is 10.2 Å². The zero-order valence-electron chi connectivity index (χ0n) is 10.3. The van der Waals surface area contributed by atoms with E-state index in [2.05, 4.69) is 21.8 Å². The molecule has 1 aliphatic carbocycles. The normalized spacial score (nSPS) is 26.8. The second-order valence-electron chi connectivity index (χ2n) is 4.60. The number of aromatic nitrogens is 2. The average molecular weight is 256 g/mol. The van der Waals surface area contributed by atoms with Crippen molar-refractivity contribution in [2.24, 2.45) is 5.73 Å². The van der Waals surface area contributed by atoms with Gasteiger partial charge < -0.3 is 15.5 Å². The highest BCUT2D eigenvalue weighted by Gasteiger charge is 2.22.